The third kappa shape index (κ3) is 1.83. The monoisotopic (exact) mass is 219 g/mol. The number of aromatic hydroxyl groups is 1. The summed E-state index contributed by atoms with van der Waals surface area (Å²) >= 11 is 0. The van der Waals surface area contributed by atoms with Crippen molar-refractivity contribution in [2.75, 3.05) is 0 Å². The van der Waals surface area contributed by atoms with Crippen molar-refractivity contribution < 1.29 is 14.4 Å². The van der Waals surface area contributed by atoms with Crippen LogP contribution < -0.4 is 5.46 Å². The molecule has 0 saturated carbocycles. The summed E-state index contributed by atoms with van der Waals surface area (Å²) in [6.07, 6.45) is 0. The third-order valence-corrected chi connectivity index (χ3v) is 3.34. The Hall–Kier alpha value is -0.995. The van der Waals surface area contributed by atoms with Crippen molar-refractivity contribution in [1.82, 2.24) is 0 Å². The van der Waals surface area contributed by atoms with Gasteiger partial charge in [0.2, 0.25) is 0 Å². The smallest absolute Gasteiger partial charge is 0.494 e. The van der Waals surface area contributed by atoms with E-state index < -0.39 is 7.12 Å². The second-order valence-corrected chi connectivity index (χ2v) is 5.10. The molecule has 1 heterocycles. The lowest BCUT2D eigenvalue weighted by Crippen LogP contribution is -2.41. The minimum atomic E-state index is -0.425. The largest absolute Gasteiger partial charge is 0.507 e. The van der Waals surface area contributed by atoms with Crippen LogP contribution in [0, 0.1) is 6.07 Å². The van der Waals surface area contributed by atoms with Crippen molar-refractivity contribution in [3.8, 4) is 5.75 Å². The molecule has 1 aromatic carbocycles. The van der Waals surface area contributed by atoms with Crippen LogP contribution in [0.1, 0.15) is 27.7 Å². The molecule has 3 nitrogen and oxygen atoms in total. The van der Waals surface area contributed by atoms with E-state index in [1.54, 1.807) is 12.1 Å². The van der Waals surface area contributed by atoms with E-state index in [1.807, 2.05) is 33.8 Å². The van der Waals surface area contributed by atoms with Gasteiger partial charge in [0, 0.05) is 6.07 Å². The molecule has 0 atom stereocenters. The maximum absolute atomic E-state index is 9.37. The van der Waals surface area contributed by atoms with E-state index in [0.29, 0.717) is 0 Å². The fourth-order valence-corrected chi connectivity index (χ4v) is 1.60. The predicted octanol–water partition coefficient (Wildman–Crippen LogP) is 1.49. The van der Waals surface area contributed by atoms with Crippen LogP contribution in [-0.2, 0) is 9.31 Å². The van der Waals surface area contributed by atoms with Crippen LogP contribution in [0.3, 0.4) is 0 Å². The van der Waals surface area contributed by atoms with Gasteiger partial charge in [0.15, 0.2) is 0 Å². The van der Waals surface area contributed by atoms with Crippen LogP contribution in [0.25, 0.3) is 0 Å². The van der Waals surface area contributed by atoms with E-state index in [2.05, 4.69) is 6.07 Å². The lowest BCUT2D eigenvalue weighted by atomic mass is 9.79. The SMILES string of the molecule is CC1(C)OB(c2cc[c]c(O)c2)OC1(C)C. The average molecular weight is 219 g/mol. The van der Waals surface area contributed by atoms with Gasteiger partial charge in [0.05, 0.1) is 11.2 Å². The molecule has 0 spiro atoms. The Bertz CT molecular complexity index is 385. The molecular weight excluding hydrogens is 203 g/mol. The summed E-state index contributed by atoms with van der Waals surface area (Å²) in [5.41, 5.74) is 0.106. The molecule has 1 aliphatic rings. The highest BCUT2D eigenvalue weighted by atomic mass is 16.7. The standard InChI is InChI=1S/C12H16BO3/c1-11(2)12(3,4)16-13(15-11)9-6-5-7-10(14)8-9/h5-6,8,14H,1-4H3. The average Bonchev–Trinajstić information content (AvgIpc) is 2.36. The summed E-state index contributed by atoms with van der Waals surface area (Å²) in [4.78, 5) is 0. The summed E-state index contributed by atoms with van der Waals surface area (Å²) in [5.74, 6) is 0.104. The molecule has 16 heavy (non-hydrogen) atoms. The highest BCUT2D eigenvalue weighted by Crippen LogP contribution is 2.36. The minimum absolute atomic E-state index is 0.104. The quantitative estimate of drug-likeness (QED) is 0.727. The molecular formula is C12H16BO3. The van der Waals surface area contributed by atoms with E-state index in [4.69, 9.17) is 9.31 Å². The van der Waals surface area contributed by atoms with Crippen molar-refractivity contribution in [2.24, 2.45) is 0 Å². The van der Waals surface area contributed by atoms with Crippen LogP contribution in [-0.4, -0.2) is 23.4 Å². The molecule has 0 bridgehead atoms. The summed E-state index contributed by atoms with van der Waals surface area (Å²) < 4.78 is 11.7. The summed E-state index contributed by atoms with van der Waals surface area (Å²) in [6, 6.07) is 7.79. The first-order valence-electron chi connectivity index (χ1n) is 5.38. The first kappa shape index (κ1) is 11.5. The zero-order valence-electron chi connectivity index (χ0n) is 10.1. The predicted molar refractivity (Wildman–Crippen MR) is 62.7 cm³/mol. The molecule has 2 rings (SSSR count). The van der Waals surface area contributed by atoms with Crippen molar-refractivity contribution >= 4 is 12.6 Å². The molecule has 1 N–H and O–H groups in total. The van der Waals surface area contributed by atoms with Crippen LogP contribution in [0.2, 0.25) is 0 Å². The number of hydrogen-bond donors (Lipinski definition) is 1. The van der Waals surface area contributed by atoms with Gasteiger partial charge in [0.1, 0.15) is 5.75 Å². The van der Waals surface area contributed by atoms with Gasteiger partial charge in [-0.2, -0.15) is 0 Å². The van der Waals surface area contributed by atoms with Crippen molar-refractivity contribution in [1.29, 1.82) is 0 Å². The topological polar surface area (TPSA) is 38.7 Å². The van der Waals surface area contributed by atoms with Crippen molar-refractivity contribution in [3.63, 3.8) is 0 Å². The fourth-order valence-electron chi connectivity index (χ4n) is 1.60. The van der Waals surface area contributed by atoms with Gasteiger partial charge in [-0.3, -0.25) is 0 Å². The molecule has 0 aliphatic carbocycles. The van der Waals surface area contributed by atoms with E-state index in [0.717, 1.165) is 5.46 Å². The maximum atomic E-state index is 9.37. The highest BCUT2D eigenvalue weighted by molar-refractivity contribution is 6.62. The molecule has 0 aromatic heterocycles. The lowest BCUT2D eigenvalue weighted by Gasteiger charge is -2.32. The molecule has 1 radical (unpaired) electrons. The fraction of sp³-hybridized carbons (Fsp3) is 0.500. The molecule has 0 unspecified atom stereocenters. The number of rotatable bonds is 1. The lowest BCUT2D eigenvalue weighted by molar-refractivity contribution is 0.00578. The molecule has 1 aliphatic heterocycles. The molecule has 1 aromatic rings. The van der Waals surface area contributed by atoms with Gasteiger partial charge < -0.3 is 14.4 Å². The Morgan fingerprint density at radius 3 is 2.25 bits per heavy atom. The first-order chi connectivity index (χ1) is 7.32. The van der Waals surface area contributed by atoms with Gasteiger partial charge in [-0.05, 0) is 39.2 Å². The van der Waals surface area contributed by atoms with Crippen LogP contribution >= 0.6 is 0 Å². The van der Waals surface area contributed by atoms with E-state index in [9.17, 15) is 5.11 Å². The number of phenols is 1. The molecule has 85 valence electrons. The van der Waals surface area contributed by atoms with Crippen molar-refractivity contribution in [3.05, 3.63) is 24.3 Å². The number of hydrogen-bond acceptors (Lipinski definition) is 3. The van der Waals surface area contributed by atoms with Crippen LogP contribution in [0.5, 0.6) is 5.75 Å². The summed E-state index contributed by atoms with van der Waals surface area (Å²) in [6.45, 7) is 8.01. The zero-order valence-corrected chi connectivity index (χ0v) is 10.1. The second-order valence-electron chi connectivity index (χ2n) is 5.10. The third-order valence-electron chi connectivity index (χ3n) is 3.34. The van der Waals surface area contributed by atoms with Gasteiger partial charge >= 0.3 is 7.12 Å². The van der Waals surface area contributed by atoms with Crippen LogP contribution in [0.4, 0.5) is 0 Å². The van der Waals surface area contributed by atoms with Gasteiger partial charge in [-0.25, -0.2) is 0 Å². The molecule has 0 amide bonds. The van der Waals surface area contributed by atoms with Gasteiger partial charge in [-0.15, -0.1) is 0 Å². The van der Waals surface area contributed by atoms with E-state index in [-0.39, 0.29) is 17.0 Å². The van der Waals surface area contributed by atoms with E-state index in [1.165, 1.54) is 0 Å². The minimum Gasteiger partial charge on any atom is -0.507 e. The zero-order chi connectivity index (χ0) is 12.0. The van der Waals surface area contributed by atoms with E-state index >= 15 is 0 Å². The summed E-state index contributed by atoms with van der Waals surface area (Å²) in [7, 11) is -0.425. The van der Waals surface area contributed by atoms with Crippen LogP contribution in [0.15, 0.2) is 18.2 Å². The molecule has 1 fully saturated rings. The van der Waals surface area contributed by atoms with Gasteiger partial charge in [-0.1, -0.05) is 12.1 Å². The Kier molecular flexibility index (Phi) is 2.52. The Balaban J connectivity index is 2.27. The molecule has 1 saturated heterocycles. The van der Waals surface area contributed by atoms with Crippen molar-refractivity contribution in [2.45, 2.75) is 38.9 Å². The summed E-state index contributed by atoms with van der Waals surface area (Å²) in [5, 5.41) is 9.37. The number of benzene rings is 1. The maximum Gasteiger partial charge on any atom is 0.494 e. The van der Waals surface area contributed by atoms with Gasteiger partial charge in [0.25, 0.3) is 0 Å². The Morgan fingerprint density at radius 1 is 1.19 bits per heavy atom. The number of phenolic OH excluding ortho intramolecular Hbond substituents is 1. The molecule has 4 heteroatoms. The second kappa shape index (κ2) is 3.50. The Morgan fingerprint density at radius 2 is 1.75 bits per heavy atom. The first-order valence-corrected chi connectivity index (χ1v) is 5.38. The Labute approximate surface area is 96.5 Å². The normalized spacial score (nSPS) is 22.4. The highest BCUT2D eigenvalue weighted by Gasteiger charge is 2.51.